The van der Waals surface area contributed by atoms with Crippen LogP contribution in [0.15, 0.2) is 18.2 Å². The lowest BCUT2D eigenvalue weighted by atomic mass is 10.1. The number of anilines is 2. The standard InChI is InChI=1S/C12H16N4O4S/c1-15(2)9-4-3-8(14-10(13)21)5-7(9)6-16(11(17)18)12(19)20/h3-5H,6H2,1-2H3,(H,17,18)(H,19,20)(H3,13,14,21). The Balaban J connectivity index is 3.19. The fraction of sp³-hybridized carbons (Fsp3) is 0.250. The fourth-order valence-electron chi connectivity index (χ4n) is 1.76. The maximum absolute atomic E-state index is 11.0. The van der Waals surface area contributed by atoms with Crippen LogP contribution >= 0.6 is 12.2 Å². The van der Waals surface area contributed by atoms with Crippen molar-refractivity contribution in [1.82, 2.24) is 4.90 Å². The summed E-state index contributed by atoms with van der Waals surface area (Å²) in [4.78, 5) is 24.0. The summed E-state index contributed by atoms with van der Waals surface area (Å²) in [5.41, 5.74) is 7.13. The van der Waals surface area contributed by atoms with E-state index in [0.29, 0.717) is 21.8 Å². The molecule has 0 radical (unpaired) electrons. The summed E-state index contributed by atoms with van der Waals surface area (Å²) in [6.07, 6.45) is -3.08. The van der Waals surface area contributed by atoms with Crippen LogP contribution in [0.4, 0.5) is 21.0 Å². The molecule has 0 bridgehead atoms. The van der Waals surface area contributed by atoms with E-state index in [2.05, 4.69) is 5.32 Å². The second-order valence-corrected chi connectivity index (χ2v) is 4.82. The molecule has 5 N–H and O–H groups in total. The van der Waals surface area contributed by atoms with Crippen molar-refractivity contribution in [2.45, 2.75) is 6.54 Å². The van der Waals surface area contributed by atoms with Crippen LogP contribution in [0.25, 0.3) is 0 Å². The van der Waals surface area contributed by atoms with E-state index in [1.807, 2.05) is 0 Å². The second-order valence-electron chi connectivity index (χ2n) is 4.38. The van der Waals surface area contributed by atoms with Crippen molar-refractivity contribution in [2.75, 3.05) is 24.3 Å². The van der Waals surface area contributed by atoms with E-state index in [1.165, 1.54) is 0 Å². The van der Waals surface area contributed by atoms with Crippen molar-refractivity contribution in [3.8, 4) is 0 Å². The van der Waals surface area contributed by atoms with Gasteiger partial charge in [0.2, 0.25) is 0 Å². The first-order chi connectivity index (χ1) is 9.72. The van der Waals surface area contributed by atoms with Crippen LogP contribution in [0.3, 0.4) is 0 Å². The molecule has 8 nitrogen and oxygen atoms in total. The number of carboxylic acid groups (broad SMARTS) is 2. The second kappa shape index (κ2) is 6.75. The highest BCUT2D eigenvalue weighted by atomic mass is 32.1. The average molecular weight is 312 g/mol. The summed E-state index contributed by atoms with van der Waals surface area (Å²) < 4.78 is 0. The molecule has 0 saturated carbocycles. The minimum absolute atomic E-state index is 0.0619. The van der Waals surface area contributed by atoms with Crippen LogP contribution in [-0.2, 0) is 6.54 Å². The van der Waals surface area contributed by atoms with Gasteiger partial charge in [0.15, 0.2) is 5.11 Å². The zero-order chi connectivity index (χ0) is 16.2. The van der Waals surface area contributed by atoms with Gasteiger partial charge < -0.3 is 26.2 Å². The molecule has 0 aliphatic rings. The van der Waals surface area contributed by atoms with Crippen molar-refractivity contribution in [3.05, 3.63) is 23.8 Å². The summed E-state index contributed by atoms with van der Waals surface area (Å²) in [7, 11) is 3.54. The first-order valence-corrected chi connectivity index (χ1v) is 6.23. The molecule has 21 heavy (non-hydrogen) atoms. The fourth-order valence-corrected chi connectivity index (χ4v) is 1.87. The number of nitrogens with zero attached hydrogens (tertiary/aromatic N) is 2. The van der Waals surface area contributed by atoms with Crippen LogP contribution in [0, 0.1) is 0 Å². The maximum atomic E-state index is 11.0. The molecule has 9 heteroatoms. The minimum Gasteiger partial charge on any atom is -0.465 e. The van der Waals surface area contributed by atoms with Crippen LogP contribution in [0.5, 0.6) is 0 Å². The Kier molecular flexibility index (Phi) is 5.30. The van der Waals surface area contributed by atoms with Crippen LogP contribution in [0.1, 0.15) is 5.56 Å². The molecule has 0 aliphatic heterocycles. The molecule has 114 valence electrons. The zero-order valence-electron chi connectivity index (χ0n) is 11.5. The zero-order valence-corrected chi connectivity index (χ0v) is 12.3. The monoisotopic (exact) mass is 312 g/mol. The van der Waals surface area contributed by atoms with Crippen molar-refractivity contribution >= 4 is 40.9 Å². The van der Waals surface area contributed by atoms with Crippen molar-refractivity contribution in [2.24, 2.45) is 5.73 Å². The topological polar surface area (TPSA) is 119 Å². The number of amides is 2. The molecular weight excluding hydrogens is 296 g/mol. The third-order valence-electron chi connectivity index (χ3n) is 2.62. The number of benzene rings is 1. The molecule has 0 fully saturated rings. The number of imide groups is 1. The highest BCUT2D eigenvalue weighted by Crippen LogP contribution is 2.24. The molecule has 0 spiro atoms. The van der Waals surface area contributed by atoms with E-state index in [1.54, 1.807) is 37.2 Å². The van der Waals surface area contributed by atoms with Crippen molar-refractivity contribution in [3.63, 3.8) is 0 Å². The number of rotatable bonds is 4. The number of thiocarbonyl (C=S) groups is 1. The van der Waals surface area contributed by atoms with Crippen LogP contribution < -0.4 is 16.0 Å². The Bertz CT molecular complexity index is 562. The molecule has 0 aromatic heterocycles. The molecule has 0 unspecified atom stereocenters. The molecule has 1 aromatic carbocycles. The van der Waals surface area contributed by atoms with Gasteiger partial charge in [0, 0.05) is 25.5 Å². The van der Waals surface area contributed by atoms with Gasteiger partial charge in [-0.05, 0) is 36.0 Å². The van der Waals surface area contributed by atoms with Gasteiger partial charge in [-0.15, -0.1) is 0 Å². The number of nitrogens with two attached hydrogens (primary N) is 1. The molecule has 0 aliphatic carbocycles. The van der Waals surface area contributed by atoms with Gasteiger partial charge in [0.05, 0.1) is 6.54 Å². The van der Waals surface area contributed by atoms with E-state index in [0.717, 1.165) is 0 Å². The highest BCUT2D eigenvalue weighted by Gasteiger charge is 2.22. The summed E-state index contributed by atoms with van der Waals surface area (Å²) in [5.74, 6) is 0. The summed E-state index contributed by atoms with van der Waals surface area (Å²) >= 11 is 4.73. The van der Waals surface area contributed by atoms with Gasteiger partial charge in [-0.2, -0.15) is 0 Å². The van der Waals surface area contributed by atoms with E-state index in [-0.39, 0.29) is 11.7 Å². The van der Waals surface area contributed by atoms with Gasteiger partial charge >= 0.3 is 12.2 Å². The van der Waals surface area contributed by atoms with Crippen molar-refractivity contribution in [1.29, 1.82) is 0 Å². The lowest BCUT2D eigenvalue weighted by Gasteiger charge is -2.21. The first-order valence-electron chi connectivity index (χ1n) is 5.82. The quantitative estimate of drug-likeness (QED) is 0.618. The summed E-state index contributed by atoms with van der Waals surface area (Å²) in [6, 6.07) is 5.04. The normalized spacial score (nSPS) is 9.81. The highest BCUT2D eigenvalue weighted by molar-refractivity contribution is 7.80. The molecule has 1 aromatic rings. The van der Waals surface area contributed by atoms with E-state index in [4.69, 9.17) is 28.2 Å². The first kappa shape index (κ1) is 16.5. The van der Waals surface area contributed by atoms with E-state index in [9.17, 15) is 9.59 Å². The number of hydrogen-bond acceptors (Lipinski definition) is 4. The van der Waals surface area contributed by atoms with Crippen LogP contribution in [0.2, 0.25) is 0 Å². The van der Waals surface area contributed by atoms with Gasteiger partial charge in [0.25, 0.3) is 0 Å². The Morgan fingerprint density at radius 2 is 1.86 bits per heavy atom. The third kappa shape index (κ3) is 4.49. The molecule has 0 heterocycles. The SMILES string of the molecule is CN(C)c1ccc(NC(N)=S)cc1CN(C(=O)O)C(=O)O. The van der Waals surface area contributed by atoms with E-state index >= 15 is 0 Å². The van der Waals surface area contributed by atoms with Gasteiger partial charge in [-0.3, -0.25) is 0 Å². The molecule has 0 atom stereocenters. The molecule has 0 saturated heterocycles. The molecular formula is C12H16N4O4S. The average Bonchev–Trinajstić information content (AvgIpc) is 2.34. The smallest absolute Gasteiger partial charge is 0.417 e. The lowest BCUT2D eigenvalue weighted by Crippen LogP contribution is -2.34. The predicted molar refractivity (Wildman–Crippen MR) is 82.8 cm³/mol. The maximum Gasteiger partial charge on any atom is 0.417 e. The number of nitrogens with one attached hydrogen (secondary N) is 1. The Morgan fingerprint density at radius 1 is 1.29 bits per heavy atom. The summed E-state index contributed by atoms with van der Waals surface area (Å²) in [5, 5.41) is 20.6. The van der Waals surface area contributed by atoms with Gasteiger partial charge in [-0.1, -0.05) is 0 Å². The Labute approximate surface area is 126 Å². The molecule has 2 amide bonds. The van der Waals surface area contributed by atoms with Gasteiger partial charge in [-0.25, -0.2) is 14.5 Å². The van der Waals surface area contributed by atoms with Crippen LogP contribution in [-0.4, -0.2) is 46.5 Å². The molecule has 1 rings (SSSR count). The lowest BCUT2D eigenvalue weighted by molar-refractivity contribution is 0.120. The number of hydrogen-bond donors (Lipinski definition) is 4. The van der Waals surface area contributed by atoms with Crippen molar-refractivity contribution < 1.29 is 19.8 Å². The van der Waals surface area contributed by atoms with Gasteiger partial charge in [0.1, 0.15) is 0 Å². The van der Waals surface area contributed by atoms with E-state index < -0.39 is 12.2 Å². The summed E-state index contributed by atoms with van der Waals surface area (Å²) in [6.45, 7) is -0.301. The number of carbonyl (C=O) groups is 2. The Morgan fingerprint density at radius 3 is 2.29 bits per heavy atom. The Hall–Kier alpha value is -2.55. The predicted octanol–water partition coefficient (Wildman–Crippen LogP) is 1.57. The largest absolute Gasteiger partial charge is 0.465 e. The minimum atomic E-state index is -1.54. The third-order valence-corrected chi connectivity index (χ3v) is 2.72.